The Balaban J connectivity index is 1.96. The quantitative estimate of drug-likeness (QED) is 0.829. The van der Waals surface area contributed by atoms with Gasteiger partial charge in [0.15, 0.2) is 0 Å². The standard InChI is InChI=1S/C12H20N2S/c1-10-4-7-15-12(10)9-14-6-3-5-13-11(2)8-14/h4,7,11,13H,3,5-6,8-9H2,1-2H3. The Kier molecular flexibility index (Phi) is 3.78. The zero-order valence-electron chi connectivity index (χ0n) is 9.62. The molecule has 0 amide bonds. The first-order valence-corrected chi connectivity index (χ1v) is 6.62. The predicted octanol–water partition coefficient (Wildman–Crippen LogP) is 2.24. The second-order valence-electron chi connectivity index (χ2n) is 4.47. The van der Waals surface area contributed by atoms with E-state index in [-0.39, 0.29) is 0 Å². The van der Waals surface area contributed by atoms with Gasteiger partial charge in [-0.05, 0) is 50.4 Å². The molecule has 0 saturated carbocycles. The summed E-state index contributed by atoms with van der Waals surface area (Å²) in [7, 11) is 0. The maximum Gasteiger partial charge on any atom is 0.0331 e. The zero-order valence-corrected chi connectivity index (χ0v) is 10.4. The zero-order chi connectivity index (χ0) is 10.7. The van der Waals surface area contributed by atoms with E-state index in [1.165, 1.54) is 36.5 Å². The van der Waals surface area contributed by atoms with Gasteiger partial charge in [0.05, 0.1) is 0 Å². The first-order chi connectivity index (χ1) is 7.25. The minimum Gasteiger partial charge on any atom is -0.313 e. The van der Waals surface area contributed by atoms with Gasteiger partial charge >= 0.3 is 0 Å². The van der Waals surface area contributed by atoms with Gasteiger partial charge in [-0.1, -0.05) is 0 Å². The number of nitrogens with zero attached hydrogens (tertiary/aromatic N) is 1. The van der Waals surface area contributed by atoms with Crippen LogP contribution in [0.4, 0.5) is 0 Å². The Labute approximate surface area is 96.3 Å². The van der Waals surface area contributed by atoms with Crippen molar-refractivity contribution >= 4 is 11.3 Å². The largest absolute Gasteiger partial charge is 0.313 e. The molecule has 1 saturated heterocycles. The lowest BCUT2D eigenvalue weighted by Gasteiger charge is -2.21. The van der Waals surface area contributed by atoms with Crippen LogP contribution >= 0.6 is 11.3 Å². The molecule has 1 aliphatic rings. The van der Waals surface area contributed by atoms with Crippen molar-refractivity contribution in [2.75, 3.05) is 19.6 Å². The van der Waals surface area contributed by atoms with E-state index in [4.69, 9.17) is 0 Å². The van der Waals surface area contributed by atoms with Gasteiger partial charge < -0.3 is 5.32 Å². The summed E-state index contributed by atoms with van der Waals surface area (Å²) in [5, 5.41) is 5.73. The SMILES string of the molecule is Cc1ccsc1CN1CCCNC(C)C1. The van der Waals surface area contributed by atoms with Gasteiger partial charge in [0.1, 0.15) is 0 Å². The fraction of sp³-hybridized carbons (Fsp3) is 0.667. The minimum absolute atomic E-state index is 0.632. The Morgan fingerprint density at radius 3 is 3.20 bits per heavy atom. The van der Waals surface area contributed by atoms with Gasteiger partial charge in [0, 0.05) is 24.0 Å². The molecule has 0 spiro atoms. The summed E-state index contributed by atoms with van der Waals surface area (Å²) < 4.78 is 0. The summed E-state index contributed by atoms with van der Waals surface area (Å²) in [6.07, 6.45) is 1.27. The van der Waals surface area contributed by atoms with Gasteiger partial charge in [-0.3, -0.25) is 4.90 Å². The molecule has 1 fully saturated rings. The van der Waals surface area contributed by atoms with E-state index in [0.717, 1.165) is 6.54 Å². The van der Waals surface area contributed by atoms with E-state index in [1.54, 1.807) is 0 Å². The van der Waals surface area contributed by atoms with Crippen LogP contribution in [0.2, 0.25) is 0 Å². The van der Waals surface area contributed by atoms with Crippen molar-refractivity contribution in [3.05, 3.63) is 21.9 Å². The first kappa shape index (κ1) is 11.1. The average molecular weight is 224 g/mol. The van der Waals surface area contributed by atoms with Gasteiger partial charge in [-0.25, -0.2) is 0 Å². The van der Waals surface area contributed by atoms with Crippen molar-refractivity contribution in [2.45, 2.75) is 32.9 Å². The first-order valence-electron chi connectivity index (χ1n) is 5.74. The number of aryl methyl sites for hydroxylation is 1. The second kappa shape index (κ2) is 5.10. The van der Waals surface area contributed by atoms with Crippen molar-refractivity contribution < 1.29 is 0 Å². The highest BCUT2D eigenvalue weighted by Crippen LogP contribution is 2.18. The Hall–Kier alpha value is -0.380. The van der Waals surface area contributed by atoms with E-state index < -0.39 is 0 Å². The number of rotatable bonds is 2. The molecular formula is C12H20N2S. The fourth-order valence-electron chi connectivity index (χ4n) is 2.11. The van der Waals surface area contributed by atoms with Crippen molar-refractivity contribution in [1.82, 2.24) is 10.2 Å². The van der Waals surface area contributed by atoms with Crippen LogP contribution in [0.1, 0.15) is 23.8 Å². The maximum atomic E-state index is 3.53. The predicted molar refractivity (Wildman–Crippen MR) is 66.4 cm³/mol. The fourth-order valence-corrected chi connectivity index (χ4v) is 3.05. The number of nitrogens with one attached hydrogen (secondary N) is 1. The van der Waals surface area contributed by atoms with Crippen LogP contribution in [-0.2, 0) is 6.54 Å². The molecule has 1 aliphatic heterocycles. The summed E-state index contributed by atoms with van der Waals surface area (Å²) in [6.45, 7) is 9.20. The molecule has 1 aromatic rings. The molecule has 1 aromatic heterocycles. The third-order valence-corrected chi connectivity index (χ3v) is 4.02. The second-order valence-corrected chi connectivity index (χ2v) is 5.47. The normalized spacial score (nSPS) is 24.0. The minimum atomic E-state index is 0.632. The molecule has 15 heavy (non-hydrogen) atoms. The number of hydrogen-bond acceptors (Lipinski definition) is 3. The third kappa shape index (κ3) is 3.03. The van der Waals surface area contributed by atoms with Crippen LogP contribution in [0, 0.1) is 6.92 Å². The van der Waals surface area contributed by atoms with Gasteiger partial charge in [0.25, 0.3) is 0 Å². The van der Waals surface area contributed by atoms with E-state index in [0.29, 0.717) is 6.04 Å². The lowest BCUT2D eigenvalue weighted by atomic mass is 10.2. The number of thiophene rings is 1. The summed E-state index contributed by atoms with van der Waals surface area (Å²) in [6, 6.07) is 2.85. The Morgan fingerprint density at radius 2 is 2.47 bits per heavy atom. The van der Waals surface area contributed by atoms with Crippen molar-refractivity contribution in [3.8, 4) is 0 Å². The van der Waals surface area contributed by atoms with Crippen molar-refractivity contribution in [3.63, 3.8) is 0 Å². The van der Waals surface area contributed by atoms with Gasteiger partial charge in [-0.2, -0.15) is 0 Å². The van der Waals surface area contributed by atoms with E-state index in [1.807, 2.05) is 11.3 Å². The van der Waals surface area contributed by atoms with Crippen LogP contribution < -0.4 is 5.32 Å². The lowest BCUT2D eigenvalue weighted by molar-refractivity contribution is 0.266. The van der Waals surface area contributed by atoms with Crippen LogP contribution in [0.15, 0.2) is 11.4 Å². The molecule has 2 nitrogen and oxygen atoms in total. The highest BCUT2D eigenvalue weighted by atomic mass is 32.1. The van der Waals surface area contributed by atoms with Crippen LogP contribution in [-0.4, -0.2) is 30.6 Å². The van der Waals surface area contributed by atoms with Crippen LogP contribution in [0.5, 0.6) is 0 Å². The molecule has 0 aromatic carbocycles. The summed E-state index contributed by atoms with van der Waals surface area (Å²) in [4.78, 5) is 4.10. The Bertz CT molecular complexity index is 308. The Morgan fingerprint density at radius 1 is 1.60 bits per heavy atom. The van der Waals surface area contributed by atoms with Crippen molar-refractivity contribution in [1.29, 1.82) is 0 Å². The lowest BCUT2D eigenvalue weighted by Crippen LogP contribution is -2.34. The molecule has 0 radical (unpaired) electrons. The molecule has 2 rings (SSSR count). The molecule has 3 heteroatoms. The molecule has 0 aliphatic carbocycles. The topological polar surface area (TPSA) is 15.3 Å². The molecule has 1 N–H and O–H groups in total. The summed E-state index contributed by atoms with van der Waals surface area (Å²) in [5.41, 5.74) is 1.45. The van der Waals surface area contributed by atoms with E-state index in [9.17, 15) is 0 Å². The average Bonchev–Trinajstić information content (AvgIpc) is 2.48. The summed E-state index contributed by atoms with van der Waals surface area (Å²) >= 11 is 1.89. The highest BCUT2D eigenvalue weighted by molar-refractivity contribution is 7.10. The molecule has 2 heterocycles. The highest BCUT2D eigenvalue weighted by Gasteiger charge is 2.15. The number of hydrogen-bond donors (Lipinski definition) is 1. The van der Waals surface area contributed by atoms with Crippen molar-refractivity contribution in [2.24, 2.45) is 0 Å². The van der Waals surface area contributed by atoms with E-state index >= 15 is 0 Å². The van der Waals surface area contributed by atoms with Gasteiger partial charge in [-0.15, -0.1) is 11.3 Å². The van der Waals surface area contributed by atoms with Gasteiger partial charge in [0.2, 0.25) is 0 Å². The molecular weight excluding hydrogens is 204 g/mol. The molecule has 0 bridgehead atoms. The third-order valence-electron chi connectivity index (χ3n) is 3.01. The summed E-state index contributed by atoms with van der Waals surface area (Å²) in [5.74, 6) is 0. The smallest absolute Gasteiger partial charge is 0.0331 e. The maximum absolute atomic E-state index is 3.53. The molecule has 84 valence electrons. The molecule has 1 unspecified atom stereocenters. The molecule has 1 atom stereocenters. The monoisotopic (exact) mass is 224 g/mol. The van der Waals surface area contributed by atoms with E-state index in [2.05, 4.69) is 35.5 Å². The van der Waals surface area contributed by atoms with Crippen LogP contribution in [0.3, 0.4) is 0 Å². The van der Waals surface area contributed by atoms with Crippen LogP contribution in [0.25, 0.3) is 0 Å².